The minimum atomic E-state index is 0.0693. The monoisotopic (exact) mass is 514 g/mol. The van der Waals surface area contributed by atoms with Crippen LogP contribution in [0.3, 0.4) is 0 Å². The number of fused-ring (bicyclic) bond motifs is 2. The van der Waals surface area contributed by atoms with E-state index >= 15 is 0 Å². The quantitative estimate of drug-likeness (QED) is 0.533. The van der Waals surface area contributed by atoms with Gasteiger partial charge in [0, 0.05) is 77.2 Å². The summed E-state index contributed by atoms with van der Waals surface area (Å²) in [4.78, 5) is 10.1. The molecule has 0 saturated carbocycles. The zero-order valence-corrected chi connectivity index (χ0v) is 22.4. The fourth-order valence-electron chi connectivity index (χ4n) is 6.60. The Labute approximate surface area is 225 Å². The van der Waals surface area contributed by atoms with E-state index < -0.39 is 0 Å². The molecule has 3 aromatic rings. The number of hydrogen-bond acceptors (Lipinski definition) is 8. The van der Waals surface area contributed by atoms with Crippen LogP contribution in [0.25, 0.3) is 5.52 Å². The third-order valence-electron chi connectivity index (χ3n) is 8.71. The number of anilines is 2. The summed E-state index contributed by atoms with van der Waals surface area (Å²) in [5.74, 6) is 0. The van der Waals surface area contributed by atoms with Gasteiger partial charge in [-0.15, -0.1) is 0 Å². The van der Waals surface area contributed by atoms with Crippen molar-refractivity contribution in [1.82, 2.24) is 19.4 Å². The maximum atomic E-state index is 9.46. The molecule has 3 aliphatic heterocycles. The molecular formula is C29H38N8O. The van der Waals surface area contributed by atoms with E-state index in [0.29, 0.717) is 17.8 Å². The average Bonchev–Trinajstić information content (AvgIpc) is 3.58. The molecule has 2 aromatic heterocycles. The molecule has 2 N–H and O–H groups in total. The van der Waals surface area contributed by atoms with Crippen molar-refractivity contribution < 1.29 is 4.74 Å². The van der Waals surface area contributed by atoms with Crippen LogP contribution in [-0.4, -0.2) is 103 Å². The molecule has 3 saturated heterocycles. The van der Waals surface area contributed by atoms with E-state index in [1.807, 2.05) is 12.1 Å². The lowest BCUT2D eigenvalue weighted by Gasteiger charge is -2.51. The predicted molar refractivity (Wildman–Crippen MR) is 150 cm³/mol. The van der Waals surface area contributed by atoms with Crippen LogP contribution in [0.5, 0.6) is 0 Å². The first-order valence-corrected chi connectivity index (χ1v) is 13.8. The van der Waals surface area contributed by atoms with E-state index in [2.05, 4.69) is 68.0 Å². The SMILES string of the molecule is CO[C@@H]1CN(c2ccc(CCN3CCN4[C@@H](C3)CN(c3ccc(C#N)n5nccc35)C[C@H]4C)cc2)C[C@H]1N. The molecule has 5 heterocycles. The molecule has 0 amide bonds. The Bertz CT molecular complexity index is 1300. The van der Waals surface area contributed by atoms with Crippen LogP contribution in [0.4, 0.5) is 11.4 Å². The topological polar surface area (TPSA) is 89.3 Å². The molecule has 0 radical (unpaired) electrons. The molecule has 38 heavy (non-hydrogen) atoms. The minimum Gasteiger partial charge on any atom is -0.378 e. The molecule has 0 spiro atoms. The zero-order chi connectivity index (χ0) is 26.2. The Morgan fingerprint density at radius 1 is 1.00 bits per heavy atom. The Morgan fingerprint density at radius 2 is 1.84 bits per heavy atom. The third-order valence-corrected chi connectivity index (χ3v) is 8.71. The molecule has 200 valence electrons. The summed E-state index contributed by atoms with van der Waals surface area (Å²) in [6, 6.07) is 18.3. The van der Waals surface area contributed by atoms with E-state index in [9.17, 15) is 5.26 Å². The Balaban J connectivity index is 1.08. The largest absolute Gasteiger partial charge is 0.378 e. The van der Waals surface area contributed by atoms with E-state index in [-0.39, 0.29) is 12.1 Å². The number of nitriles is 1. The van der Waals surface area contributed by atoms with Gasteiger partial charge in [0.2, 0.25) is 0 Å². The lowest BCUT2D eigenvalue weighted by molar-refractivity contribution is 0.0356. The number of benzene rings is 1. The predicted octanol–water partition coefficient (Wildman–Crippen LogP) is 1.81. The average molecular weight is 515 g/mol. The van der Waals surface area contributed by atoms with Crippen LogP contribution >= 0.6 is 0 Å². The summed E-state index contributed by atoms with van der Waals surface area (Å²) in [5, 5.41) is 13.8. The van der Waals surface area contributed by atoms with Gasteiger partial charge in [-0.25, -0.2) is 4.52 Å². The van der Waals surface area contributed by atoms with E-state index in [1.54, 1.807) is 17.8 Å². The molecule has 3 fully saturated rings. The van der Waals surface area contributed by atoms with Gasteiger partial charge in [-0.1, -0.05) is 12.1 Å². The van der Waals surface area contributed by atoms with Gasteiger partial charge in [-0.3, -0.25) is 4.90 Å². The number of ether oxygens (including phenoxy) is 1. The molecule has 0 aliphatic carbocycles. The molecule has 0 unspecified atom stereocenters. The van der Waals surface area contributed by atoms with Crippen molar-refractivity contribution in [3.05, 3.63) is 59.9 Å². The van der Waals surface area contributed by atoms with Crippen molar-refractivity contribution in [1.29, 1.82) is 5.26 Å². The molecule has 9 nitrogen and oxygen atoms in total. The number of hydrogen-bond donors (Lipinski definition) is 1. The first kappa shape index (κ1) is 25.1. The maximum absolute atomic E-state index is 9.46. The van der Waals surface area contributed by atoms with Gasteiger partial charge in [-0.05, 0) is 49.2 Å². The van der Waals surface area contributed by atoms with Crippen molar-refractivity contribution in [3.8, 4) is 6.07 Å². The highest BCUT2D eigenvalue weighted by Crippen LogP contribution is 2.29. The molecule has 9 heteroatoms. The van der Waals surface area contributed by atoms with Crippen molar-refractivity contribution in [2.75, 3.05) is 69.3 Å². The van der Waals surface area contributed by atoms with Gasteiger partial charge in [-0.2, -0.15) is 10.4 Å². The van der Waals surface area contributed by atoms with Crippen LogP contribution in [0, 0.1) is 11.3 Å². The standard InChI is InChI=1S/C29H38N8O/c1-21-16-35(27-8-7-24(15-30)37-28(27)9-11-32-37)18-25-17-33(13-14-36(21)25)12-10-22-3-5-23(6-4-22)34-19-26(31)29(20-34)38-2/h3-9,11,21,25-26,29H,10,12-14,16-20,31H2,1-2H3/t21-,25+,26-,29-/m1/s1. The van der Waals surface area contributed by atoms with E-state index in [4.69, 9.17) is 10.5 Å². The molecule has 3 aliphatic rings. The number of methoxy groups -OCH3 is 1. The van der Waals surface area contributed by atoms with Crippen LogP contribution in [0.1, 0.15) is 18.2 Å². The second-order valence-corrected chi connectivity index (χ2v) is 11.0. The smallest absolute Gasteiger partial charge is 0.142 e. The third kappa shape index (κ3) is 4.74. The Hall–Kier alpha value is -3.16. The molecule has 4 atom stereocenters. The molecular weight excluding hydrogens is 476 g/mol. The van der Waals surface area contributed by atoms with Gasteiger partial charge in [0.15, 0.2) is 0 Å². The number of piperazine rings is 2. The zero-order valence-electron chi connectivity index (χ0n) is 22.4. The summed E-state index contributed by atoms with van der Waals surface area (Å²) >= 11 is 0. The lowest BCUT2D eigenvalue weighted by Crippen LogP contribution is -2.65. The number of nitrogens with zero attached hydrogens (tertiary/aromatic N) is 7. The highest BCUT2D eigenvalue weighted by atomic mass is 16.5. The number of rotatable bonds is 6. The summed E-state index contributed by atoms with van der Waals surface area (Å²) in [5.41, 5.74) is 11.6. The summed E-state index contributed by atoms with van der Waals surface area (Å²) in [7, 11) is 1.74. The fourth-order valence-corrected chi connectivity index (χ4v) is 6.60. The molecule has 1 aromatic carbocycles. The van der Waals surface area contributed by atoms with Crippen molar-refractivity contribution in [2.45, 2.75) is 37.6 Å². The van der Waals surface area contributed by atoms with Crippen molar-refractivity contribution >= 4 is 16.9 Å². The second-order valence-electron chi connectivity index (χ2n) is 11.0. The number of pyridine rings is 1. The summed E-state index contributed by atoms with van der Waals surface area (Å²) in [6.07, 6.45) is 2.94. The summed E-state index contributed by atoms with van der Waals surface area (Å²) < 4.78 is 7.27. The van der Waals surface area contributed by atoms with Gasteiger partial charge in [0.05, 0.1) is 29.5 Å². The Kier molecular flexibility index (Phi) is 6.97. The van der Waals surface area contributed by atoms with E-state index in [0.717, 1.165) is 64.3 Å². The van der Waals surface area contributed by atoms with Crippen LogP contribution < -0.4 is 15.5 Å². The number of nitrogens with two attached hydrogens (primary N) is 1. The van der Waals surface area contributed by atoms with Gasteiger partial charge in [0.1, 0.15) is 11.8 Å². The number of aromatic nitrogens is 2. The van der Waals surface area contributed by atoms with Crippen molar-refractivity contribution in [2.24, 2.45) is 5.73 Å². The second kappa shape index (κ2) is 10.5. The van der Waals surface area contributed by atoms with Crippen LogP contribution in [0.2, 0.25) is 0 Å². The van der Waals surface area contributed by atoms with Crippen LogP contribution in [-0.2, 0) is 11.2 Å². The first-order valence-electron chi connectivity index (χ1n) is 13.8. The Morgan fingerprint density at radius 3 is 2.61 bits per heavy atom. The normalized spacial score (nSPS) is 26.6. The molecule has 0 bridgehead atoms. The van der Waals surface area contributed by atoms with Crippen LogP contribution in [0.15, 0.2) is 48.7 Å². The summed E-state index contributed by atoms with van der Waals surface area (Å²) in [6.45, 7) is 10.4. The van der Waals surface area contributed by atoms with Gasteiger partial charge < -0.3 is 25.2 Å². The lowest BCUT2D eigenvalue weighted by atomic mass is 10.0. The van der Waals surface area contributed by atoms with Gasteiger partial charge in [0.25, 0.3) is 0 Å². The van der Waals surface area contributed by atoms with Gasteiger partial charge >= 0.3 is 0 Å². The first-order chi connectivity index (χ1) is 18.5. The fraction of sp³-hybridized carbons (Fsp3) is 0.517. The highest BCUT2D eigenvalue weighted by Gasteiger charge is 2.36. The molecule has 6 rings (SSSR count). The van der Waals surface area contributed by atoms with Crippen molar-refractivity contribution in [3.63, 3.8) is 0 Å². The minimum absolute atomic E-state index is 0.0693. The maximum Gasteiger partial charge on any atom is 0.142 e. The van der Waals surface area contributed by atoms with E-state index in [1.165, 1.54) is 16.9 Å². The highest BCUT2D eigenvalue weighted by molar-refractivity contribution is 5.74.